The number of amidine groups is 1. The zero-order valence-corrected chi connectivity index (χ0v) is 25.7. The number of nitrogens with one attached hydrogen (secondary N) is 3. The molecule has 6 unspecified atom stereocenters. The van der Waals surface area contributed by atoms with Crippen molar-refractivity contribution >= 4 is 29.0 Å². The molecule has 47 heavy (non-hydrogen) atoms. The maximum Gasteiger partial charge on any atom is 0.254 e. The Morgan fingerprint density at radius 2 is 1.74 bits per heavy atom. The highest BCUT2D eigenvalue weighted by Gasteiger charge is 2.45. The Morgan fingerprint density at radius 3 is 2.45 bits per heavy atom. The van der Waals surface area contributed by atoms with Crippen molar-refractivity contribution in [3.05, 3.63) is 89.0 Å². The second kappa shape index (κ2) is 14.9. The second-order valence-corrected chi connectivity index (χ2v) is 11.3. The molecule has 2 amide bonds. The first-order valence-corrected chi connectivity index (χ1v) is 15.1. The Balaban J connectivity index is 1.45. The van der Waals surface area contributed by atoms with Crippen molar-refractivity contribution in [2.45, 2.75) is 43.7 Å². The van der Waals surface area contributed by atoms with Crippen LogP contribution in [0.1, 0.15) is 33.1 Å². The molecule has 0 saturated carbocycles. The number of hydrogen-bond donors (Lipinski definition) is 8. The molecular formula is C33H39N5O9. The molecule has 9 N–H and O–H groups in total. The minimum absolute atomic E-state index is 0.107. The number of nitrogen functional groups attached to an aromatic ring is 1. The minimum Gasteiger partial charge on any atom is -0.462 e. The number of aryl methyl sites for hydroxylation is 1. The van der Waals surface area contributed by atoms with E-state index < -0.39 is 49.3 Å². The fourth-order valence-electron chi connectivity index (χ4n) is 5.43. The van der Waals surface area contributed by atoms with Gasteiger partial charge >= 0.3 is 0 Å². The van der Waals surface area contributed by atoms with E-state index in [1.807, 2.05) is 0 Å². The molecule has 6 atom stereocenters. The average Bonchev–Trinajstić information content (AvgIpc) is 3.08. The second-order valence-electron chi connectivity index (χ2n) is 11.3. The molecule has 2 aliphatic rings. The number of rotatable bonds is 10. The van der Waals surface area contributed by atoms with Gasteiger partial charge in [0.15, 0.2) is 0 Å². The lowest BCUT2D eigenvalue weighted by molar-refractivity contribution is -0.277. The van der Waals surface area contributed by atoms with Crippen LogP contribution in [0, 0.1) is 12.3 Å². The van der Waals surface area contributed by atoms with Gasteiger partial charge in [-0.15, -0.1) is 0 Å². The van der Waals surface area contributed by atoms with E-state index in [1.54, 1.807) is 78.6 Å². The van der Waals surface area contributed by atoms with Crippen LogP contribution in [0.15, 0.2) is 66.7 Å². The van der Waals surface area contributed by atoms with Crippen molar-refractivity contribution in [1.29, 1.82) is 5.41 Å². The van der Waals surface area contributed by atoms with E-state index in [2.05, 4.69) is 10.6 Å². The molecule has 14 nitrogen and oxygen atoms in total. The third kappa shape index (κ3) is 7.71. The average molecular weight is 650 g/mol. The zero-order valence-electron chi connectivity index (χ0n) is 25.7. The normalized spacial score (nSPS) is 23.4. The van der Waals surface area contributed by atoms with Gasteiger partial charge in [0, 0.05) is 41.2 Å². The summed E-state index contributed by atoms with van der Waals surface area (Å²) in [5.74, 6) is -0.699. The Morgan fingerprint density at radius 1 is 1.00 bits per heavy atom. The Labute approximate surface area is 271 Å². The van der Waals surface area contributed by atoms with E-state index in [-0.39, 0.29) is 17.5 Å². The number of carbonyl (C=O) groups excluding carboxylic acids is 2. The summed E-state index contributed by atoms with van der Waals surface area (Å²) in [5.41, 5.74) is 8.50. The highest BCUT2D eigenvalue weighted by molar-refractivity contribution is 6.00. The van der Waals surface area contributed by atoms with Gasteiger partial charge in [0.2, 0.25) is 6.29 Å². The first kappa shape index (κ1) is 33.8. The van der Waals surface area contributed by atoms with Crippen LogP contribution in [-0.2, 0) is 14.3 Å². The van der Waals surface area contributed by atoms with Crippen LogP contribution in [0.5, 0.6) is 5.75 Å². The highest BCUT2D eigenvalue weighted by Crippen LogP contribution is 2.33. The van der Waals surface area contributed by atoms with Crippen LogP contribution in [-0.4, -0.2) is 107 Å². The van der Waals surface area contributed by atoms with Crippen molar-refractivity contribution in [2.75, 3.05) is 43.5 Å². The summed E-state index contributed by atoms with van der Waals surface area (Å²) in [5, 5.41) is 54.6. The van der Waals surface area contributed by atoms with E-state index in [9.17, 15) is 30.0 Å². The van der Waals surface area contributed by atoms with Gasteiger partial charge in [-0.3, -0.25) is 15.0 Å². The van der Waals surface area contributed by atoms with E-state index in [4.69, 9.17) is 25.4 Å². The molecule has 0 aliphatic carbocycles. The summed E-state index contributed by atoms with van der Waals surface area (Å²) in [6.45, 7) is 3.09. The standard InChI is InChI=1S/C33H39N5O9/c1-18-15-20(32(44)38-11-13-45-14-12-38)9-10-23(18)37-31(43)26(36-21-6-4-5-19(16-21)30(34)35)22-7-2-3-8-24(22)46-33-29(42)28(41)27(40)25(17-39)47-33/h2-10,15-16,25-29,33,36,39-42H,11-14,17H2,1H3,(H3,34,35)(H,37,43). The number of hydrogen-bond acceptors (Lipinski definition) is 11. The van der Waals surface area contributed by atoms with Gasteiger partial charge in [-0.1, -0.05) is 30.3 Å². The number of anilines is 2. The summed E-state index contributed by atoms with van der Waals surface area (Å²) in [7, 11) is 0. The minimum atomic E-state index is -1.67. The number of nitrogens with zero attached hydrogens (tertiary/aromatic N) is 1. The molecule has 3 aromatic rings. The van der Waals surface area contributed by atoms with Crippen molar-refractivity contribution < 1.29 is 44.2 Å². The number of morpholine rings is 1. The summed E-state index contributed by atoms with van der Waals surface area (Å²) in [6.07, 6.45) is -7.59. The van der Waals surface area contributed by atoms with Crippen LogP contribution < -0.4 is 21.1 Å². The molecule has 0 radical (unpaired) electrons. The maximum absolute atomic E-state index is 14.1. The lowest BCUT2D eigenvalue weighted by atomic mass is 9.99. The van der Waals surface area contributed by atoms with Gasteiger partial charge in [-0.05, 0) is 48.9 Å². The van der Waals surface area contributed by atoms with E-state index in [1.165, 1.54) is 0 Å². The fourth-order valence-corrected chi connectivity index (χ4v) is 5.43. The molecule has 14 heteroatoms. The number of benzene rings is 3. The molecule has 2 fully saturated rings. The first-order chi connectivity index (χ1) is 22.6. The summed E-state index contributed by atoms with van der Waals surface area (Å²) < 4.78 is 16.9. The molecule has 2 saturated heterocycles. The number of aliphatic hydroxyl groups is 4. The summed E-state index contributed by atoms with van der Waals surface area (Å²) >= 11 is 0. The van der Waals surface area contributed by atoms with Gasteiger partial charge in [0.1, 0.15) is 42.0 Å². The highest BCUT2D eigenvalue weighted by atomic mass is 16.7. The molecule has 3 aromatic carbocycles. The fraction of sp³-hybridized carbons (Fsp3) is 0.364. The Kier molecular flexibility index (Phi) is 10.7. The molecular weight excluding hydrogens is 610 g/mol. The summed E-state index contributed by atoms with van der Waals surface area (Å²) in [4.78, 5) is 28.8. The van der Waals surface area contributed by atoms with Crippen LogP contribution in [0.25, 0.3) is 0 Å². The van der Waals surface area contributed by atoms with Crippen LogP contribution in [0.2, 0.25) is 0 Å². The van der Waals surface area contributed by atoms with E-state index in [0.29, 0.717) is 59.9 Å². The van der Waals surface area contributed by atoms with Crippen LogP contribution in [0.4, 0.5) is 11.4 Å². The third-order valence-electron chi connectivity index (χ3n) is 8.10. The lowest BCUT2D eigenvalue weighted by Gasteiger charge is -2.40. The molecule has 2 heterocycles. The molecule has 250 valence electrons. The van der Waals surface area contributed by atoms with Gasteiger partial charge in [0.25, 0.3) is 11.8 Å². The van der Waals surface area contributed by atoms with Crippen molar-refractivity contribution in [1.82, 2.24) is 4.90 Å². The summed E-state index contributed by atoms with van der Waals surface area (Å²) in [6, 6.07) is 17.0. The number of ether oxygens (including phenoxy) is 3. The number of nitrogens with two attached hydrogens (primary N) is 1. The molecule has 0 bridgehead atoms. The zero-order chi connectivity index (χ0) is 33.7. The predicted octanol–water partition coefficient (Wildman–Crippen LogP) is 0.722. The van der Waals surface area contributed by atoms with Gasteiger partial charge in [-0.25, -0.2) is 0 Å². The van der Waals surface area contributed by atoms with Crippen molar-refractivity contribution in [3.8, 4) is 5.75 Å². The monoisotopic (exact) mass is 649 g/mol. The van der Waals surface area contributed by atoms with Crippen LogP contribution in [0.3, 0.4) is 0 Å². The molecule has 0 spiro atoms. The topological polar surface area (TPSA) is 220 Å². The SMILES string of the molecule is Cc1cc(C(=O)N2CCOCC2)ccc1NC(=O)C(Nc1cccc(C(=N)N)c1)c1ccccc1OC1OC(CO)C(O)C(O)C1O. The van der Waals surface area contributed by atoms with Gasteiger partial charge in [-0.2, -0.15) is 0 Å². The lowest BCUT2D eigenvalue weighted by Crippen LogP contribution is -2.60. The van der Waals surface area contributed by atoms with Crippen molar-refractivity contribution in [3.63, 3.8) is 0 Å². The maximum atomic E-state index is 14.1. The first-order valence-electron chi connectivity index (χ1n) is 15.1. The number of carbonyl (C=O) groups is 2. The number of aliphatic hydroxyl groups excluding tert-OH is 4. The van der Waals surface area contributed by atoms with Crippen molar-refractivity contribution in [2.24, 2.45) is 5.73 Å². The largest absolute Gasteiger partial charge is 0.462 e. The van der Waals surface area contributed by atoms with E-state index >= 15 is 0 Å². The molecule has 2 aliphatic heterocycles. The predicted molar refractivity (Wildman–Crippen MR) is 171 cm³/mol. The number of para-hydroxylation sites is 1. The Bertz CT molecular complexity index is 1600. The van der Waals surface area contributed by atoms with Gasteiger partial charge < -0.3 is 55.9 Å². The Hall–Kier alpha value is -4.57. The molecule has 0 aromatic heterocycles. The van der Waals surface area contributed by atoms with Crippen LogP contribution >= 0.6 is 0 Å². The van der Waals surface area contributed by atoms with Gasteiger partial charge in [0.05, 0.1) is 19.8 Å². The third-order valence-corrected chi connectivity index (χ3v) is 8.10. The van der Waals surface area contributed by atoms with E-state index in [0.717, 1.165) is 0 Å². The smallest absolute Gasteiger partial charge is 0.254 e. The quantitative estimate of drug-likeness (QED) is 0.113. The number of amides is 2. The molecule has 5 rings (SSSR count).